The van der Waals surface area contributed by atoms with Gasteiger partial charge in [0.15, 0.2) is 0 Å². The number of piperidine rings is 1. The van der Waals surface area contributed by atoms with Crippen LogP contribution in [-0.4, -0.2) is 29.0 Å². The highest BCUT2D eigenvalue weighted by atomic mass is 32.1. The number of aliphatic hydroxyl groups excluding tert-OH is 1. The lowest BCUT2D eigenvalue weighted by atomic mass is 9.78. The summed E-state index contributed by atoms with van der Waals surface area (Å²) in [5.41, 5.74) is 0.912. The van der Waals surface area contributed by atoms with Crippen molar-refractivity contribution in [2.45, 2.75) is 32.3 Å². The molecule has 1 aromatic rings. The van der Waals surface area contributed by atoms with Crippen LogP contribution in [0.4, 0.5) is 0 Å². The summed E-state index contributed by atoms with van der Waals surface area (Å²) in [4.78, 5) is 15.3. The molecule has 0 radical (unpaired) electrons. The molecule has 1 N–H and O–H groups in total. The molecule has 2 aliphatic rings. The summed E-state index contributed by atoms with van der Waals surface area (Å²) in [7, 11) is 0. The van der Waals surface area contributed by atoms with Gasteiger partial charge in [-0.15, -0.1) is 11.3 Å². The highest BCUT2D eigenvalue weighted by Crippen LogP contribution is 2.34. The maximum atomic E-state index is 12.3. The molecule has 3 rings (SSSR count). The fourth-order valence-corrected chi connectivity index (χ4v) is 4.23. The van der Waals surface area contributed by atoms with E-state index in [4.69, 9.17) is 5.11 Å². The predicted octanol–water partition coefficient (Wildman–Crippen LogP) is 2.90. The lowest BCUT2D eigenvalue weighted by molar-refractivity contribution is -0.129. The van der Waals surface area contributed by atoms with E-state index in [9.17, 15) is 4.79 Å². The number of hydrogen-bond donors (Lipinski definition) is 1. The second-order valence-electron chi connectivity index (χ2n) is 5.99. The second kappa shape index (κ2) is 6.10. The van der Waals surface area contributed by atoms with Gasteiger partial charge in [0, 0.05) is 24.0 Å². The van der Waals surface area contributed by atoms with E-state index in [0.29, 0.717) is 0 Å². The van der Waals surface area contributed by atoms with Crippen LogP contribution in [0, 0.1) is 11.8 Å². The largest absolute Gasteiger partial charge is 0.392 e. The maximum Gasteiger partial charge on any atom is 0.246 e. The van der Waals surface area contributed by atoms with Crippen molar-refractivity contribution in [2.75, 3.05) is 13.1 Å². The molecule has 1 amide bonds. The summed E-state index contributed by atoms with van der Waals surface area (Å²) < 4.78 is 0. The quantitative estimate of drug-likeness (QED) is 0.870. The zero-order chi connectivity index (χ0) is 13.9. The van der Waals surface area contributed by atoms with Crippen molar-refractivity contribution in [3.8, 4) is 0 Å². The number of aliphatic hydroxyl groups is 1. The van der Waals surface area contributed by atoms with Gasteiger partial charge in [-0.3, -0.25) is 4.79 Å². The summed E-state index contributed by atoms with van der Waals surface area (Å²) >= 11 is 1.56. The molecule has 4 heteroatoms. The minimum atomic E-state index is 0.0633. The molecular formula is C16H21NO2S. The number of nitrogens with zero attached hydrogens (tertiary/aromatic N) is 1. The highest BCUT2D eigenvalue weighted by Gasteiger charge is 2.31. The molecule has 0 spiro atoms. The molecular weight excluding hydrogens is 270 g/mol. The number of thiophene rings is 1. The molecule has 0 unspecified atom stereocenters. The Kier molecular flexibility index (Phi) is 4.22. The smallest absolute Gasteiger partial charge is 0.246 e. The molecule has 1 saturated heterocycles. The van der Waals surface area contributed by atoms with Gasteiger partial charge in [-0.1, -0.05) is 6.42 Å². The molecule has 0 aromatic carbocycles. The van der Waals surface area contributed by atoms with Crippen LogP contribution in [0.2, 0.25) is 0 Å². The number of carbonyl (C=O) groups excluding carboxylic acids is 1. The van der Waals surface area contributed by atoms with Gasteiger partial charge in [-0.05, 0) is 54.2 Å². The number of fused-ring (bicyclic) bond motifs is 2. The van der Waals surface area contributed by atoms with E-state index < -0.39 is 0 Å². The number of likely N-dealkylation sites (tertiary alicyclic amines) is 1. The Bertz CT molecular complexity index is 496. The average molecular weight is 291 g/mol. The van der Waals surface area contributed by atoms with Crippen molar-refractivity contribution in [3.63, 3.8) is 0 Å². The normalized spacial score (nSPS) is 26.1. The lowest BCUT2D eigenvalue weighted by Crippen LogP contribution is -2.45. The standard InChI is InChI=1S/C16H21NO2S/c18-10-14-7-15(20-11-14)4-5-16(19)17-8-12-2-1-3-13(6-12)9-17/h4-5,7,11-13,18H,1-3,6,8-10H2/b5-4+/t12-,13+. The fourth-order valence-electron chi connectivity index (χ4n) is 3.44. The minimum absolute atomic E-state index is 0.0633. The molecule has 2 atom stereocenters. The van der Waals surface area contributed by atoms with Gasteiger partial charge in [0.2, 0.25) is 5.91 Å². The van der Waals surface area contributed by atoms with Crippen molar-refractivity contribution in [2.24, 2.45) is 11.8 Å². The monoisotopic (exact) mass is 291 g/mol. The Morgan fingerprint density at radius 2 is 2.15 bits per heavy atom. The Morgan fingerprint density at radius 3 is 2.80 bits per heavy atom. The van der Waals surface area contributed by atoms with E-state index in [-0.39, 0.29) is 12.5 Å². The van der Waals surface area contributed by atoms with E-state index in [0.717, 1.165) is 35.4 Å². The molecule has 2 heterocycles. The van der Waals surface area contributed by atoms with Gasteiger partial charge in [0.1, 0.15) is 0 Å². The van der Waals surface area contributed by atoms with Gasteiger partial charge in [0.25, 0.3) is 0 Å². The van der Waals surface area contributed by atoms with Crippen LogP contribution in [-0.2, 0) is 11.4 Å². The summed E-state index contributed by atoms with van der Waals surface area (Å²) in [6.45, 7) is 1.94. The summed E-state index contributed by atoms with van der Waals surface area (Å²) in [5.74, 6) is 1.59. The van der Waals surface area contributed by atoms with E-state index in [1.54, 1.807) is 17.4 Å². The highest BCUT2D eigenvalue weighted by molar-refractivity contribution is 7.11. The molecule has 108 valence electrons. The Hall–Kier alpha value is -1.13. The van der Waals surface area contributed by atoms with Crippen LogP contribution in [0.25, 0.3) is 6.08 Å². The van der Waals surface area contributed by atoms with E-state index in [2.05, 4.69) is 0 Å². The van der Waals surface area contributed by atoms with Crippen LogP contribution in [0.15, 0.2) is 17.5 Å². The second-order valence-corrected chi connectivity index (χ2v) is 6.93. The lowest BCUT2D eigenvalue weighted by Gasteiger charge is -2.41. The van der Waals surface area contributed by atoms with Gasteiger partial charge in [-0.25, -0.2) is 0 Å². The first-order valence-corrected chi connectivity index (χ1v) is 8.28. The van der Waals surface area contributed by atoms with Gasteiger partial charge < -0.3 is 10.0 Å². The first kappa shape index (κ1) is 13.8. The number of hydrogen-bond acceptors (Lipinski definition) is 3. The number of amides is 1. The zero-order valence-electron chi connectivity index (χ0n) is 11.6. The topological polar surface area (TPSA) is 40.5 Å². The molecule has 1 saturated carbocycles. The van der Waals surface area contributed by atoms with E-state index in [1.807, 2.05) is 22.4 Å². The van der Waals surface area contributed by atoms with Gasteiger partial charge in [-0.2, -0.15) is 0 Å². The van der Waals surface area contributed by atoms with Crippen LogP contribution in [0.3, 0.4) is 0 Å². The first-order valence-electron chi connectivity index (χ1n) is 7.40. The molecule has 2 fully saturated rings. The summed E-state index contributed by atoms with van der Waals surface area (Å²) in [5, 5.41) is 11.0. The predicted molar refractivity (Wildman–Crippen MR) is 81.3 cm³/mol. The Morgan fingerprint density at radius 1 is 1.40 bits per heavy atom. The molecule has 1 aromatic heterocycles. The van der Waals surface area contributed by atoms with E-state index >= 15 is 0 Å². The van der Waals surface area contributed by atoms with Crippen molar-refractivity contribution >= 4 is 23.3 Å². The van der Waals surface area contributed by atoms with Crippen LogP contribution < -0.4 is 0 Å². The van der Waals surface area contributed by atoms with Gasteiger partial charge in [0.05, 0.1) is 6.61 Å². The maximum absolute atomic E-state index is 12.3. The minimum Gasteiger partial charge on any atom is -0.392 e. The molecule has 3 nitrogen and oxygen atoms in total. The molecule has 1 aliphatic carbocycles. The van der Waals surface area contributed by atoms with Crippen molar-refractivity contribution < 1.29 is 9.90 Å². The summed E-state index contributed by atoms with van der Waals surface area (Å²) in [6, 6.07) is 1.93. The summed E-state index contributed by atoms with van der Waals surface area (Å²) in [6.07, 6.45) is 8.79. The van der Waals surface area contributed by atoms with E-state index in [1.165, 1.54) is 25.7 Å². The number of rotatable bonds is 3. The zero-order valence-corrected chi connectivity index (χ0v) is 12.4. The third kappa shape index (κ3) is 3.13. The van der Waals surface area contributed by atoms with Crippen molar-refractivity contribution in [1.29, 1.82) is 0 Å². The Labute approximate surface area is 123 Å². The molecule has 1 aliphatic heterocycles. The number of carbonyl (C=O) groups is 1. The molecule has 20 heavy (non-hydrogen) atoms. The van der Waals surface area contributed by atoms with Crippen LogP contribution >= 0.6 is 11.3 Å². The molecule has 2 bridgehead atoms. The third-order valence-electron chi connectivity index (χ3n) is 4.41. The first-order chi connectivity index (χ1) is 9.74. The van der Waals surface area contributed by atoms with Gasteiger partial charge >= 0.3 is 0 Å². The van der Waals surface area contributed by atoms with Crippen LogP contribution in [0.5, 0.6) is 0 Å². The average Bonchev–Trinajstić information content (AvgIpc) is 2.92. The Balaban J connectivity index is 1.61. The SMILES string of the molecule is O=C(/C=C/c1cc(CO)cs1)N1C[C@@H]2CCC[C@@H](C2)C1. The fraction of sp³-hybridized carbons (Fsp3) is 0.562. The van der Waals surface area contributed by atoms with Crippen molar-refractivity contribution in [3.05, 3.63) is 28.0 Å². The van der Waals surface area contributed by atoms with Crippen LogP contribution in [0.1, 0.15) is 36.1 Å². The van der Waals surface area contributed by atoms with Crippen molar-refractivity contribution in [1.82, 2.24) is 4.90 Å². The third-order valence-corrected chi connectivity index (χ3v) is 5.35.